The molecule has 2 aliphatic rings. The number of thioether (sulfide) groups is 1. The minimum Gasteiger partial charge on any atom is -0.459 e. The molecule has 0 radical (unpaired) electrons. The molecule has 0 saturated carbocycles. The minimum absolute atomic E-state index is 0.0325. The fourth-order valence-corrected chi connectivity index (χ4v) is 7.72. The van der Waals surface area contributed by atoms with Gasteiger partial charge in [0.15, 0.2) is 28.7 Å². The lowest BCUT2D eigenvalue weighted by Gasteiger charge is -2.32. The monoisotopic (exact) mass is 877 g/mol. The summed E-state index contributed by atoms with van der Waals surface area (Å²) in [5.41, 5.74) is 5.80. The first-order chi connectivity index (χ1) is 28.1. The van der Waals surface area contributed by atoms with E-state index in [-0.39, 0.29) is 61.1 Å². The van der Waals surface area contributed by atoms with Gasteiger partial charge in [-0.3, -0.25) is 19.1 Å². The number of nitrogens with one attached hydrogen (secondary N) is 2. The zero-order valence-corrected chi connectivity index (χ0v) is 34.0. The van der Waals surface area contributed by atoms with Gasteiger partial charge in [0.1, 0.15) is 37.7 Å². The third kappa shape index (κ3) is 14.6. The van der Waals surface area contributed by atoms with Crippen LogP contribution in [0.5, 0.6) is 0 Å². The minimum atomic E-state index is -3.55. The van der Waals surface area contributed by atoms with Crippen LogP contribution < -0.4 is 16.6 Å². The number of ether oxygens (including phenoxy) is 8. The summed E-state index contributed by atoms with van der Waals surface area (Å²) in [5.74, 6) is 2.22. The van der Waals surface area contributed by atoms with Crippen LogP contribution in [0.1, 0.15) is 11.9 Å². The molecule has 5 atom stereocenters. The van der Waals surface area contributed by atoms with Crippen molar-refractivity contribution in [2.75, 3.05) is 111 Å². The molecule has 2 saturated heterocycles. The molecule has 2 aliphatic heterocycles. The van der Waals surface area contributed by atoms with E-state index in [1.807, 2.05) is 0 Å². The number of H-pyrrole nitrogens is 1. The van der Waals surface area contributed by atoms with E-state index in [0.29, 0.717) is 90.7 Å². The molecule has 3 aromatic heterocycles. The van der Waals surface area contributed by atoms with Crippen molar-refractivity contribution in [1.29, 1.82) is 0 Å². The first-order valence-corrected chi connectivity index (χ1v) is 21.8. The number of amides is 1. The molecule has 6 N–H and O–H groups in total. The van der Waals surface area contributed by atoms with Gasteiger partial charge < -0.3 is 66.3 Å². The van der Waals surface area contributed by atoms with Crippen LogP contribution in [0.25, 0.3) is 11.2 Å². The van der Waals surface area contributed by atoms with Crippen molar-refractivity contribution in [3.63, 3.8) is 0 Å². The Labute approximate surface area is 342 Å². The van der Waals surface area contributed by atoms with E-state index in [1.165, 1.54) is 21.0 Å². The molecule has 58 heavy (non-hydrogen) atoms. The average Bonchev–Trinajstić information content (AvgIpc) is 3.88. The third-order valence-corrected chi connectivity index (χ3v) is 10.5. The van der Waals surface area contributed by atoms with Gasteiger partial charge in [-0.2, -0.15) is 14.0 Å². The first kappa shape index (κ1) is 46.0. The second-order valence-corrected chi connectivity index (χ2v) is 16.1. The topological polar surface area (TPSA) is 282 Å². The molecule has 0 bridgehead atoms. The maximum Gasteiger partial charge on any atom is 0.287 e. The second-order valence-electron chi connectivity index (χ2n) is 12.3. The molecule has 0 aromatic carbocycles. The van der Waals surface area contributed by atoms with Crippen LogP contribution in [0.4, 0.5) is 5.95 Å². The zero-order valence-electron chi connectivity index (χ0n) is 31.5. The van der Waals surface area contributed by atoms with Gasteiger partial charge in [-0.15, -0.1) is 11.5 Å². The normalized spacial score (nSPS) is 21.7. The number of carbonyl (C=O) groups is 1. The van der Waals surface area contributed by atoms with Crippen molar-refractivity contribution in [3.8, 4) is 12.3 Å². The first-order valence-electron chi connectivity index (χ1n) is 18.2. The van der Waals surface area contributed by atoms with Crippen LogP contribution in [-0.2, 0) is 77.1 Å². The molecule has 2 fully saturated rings. The summed E-state index contributed by atoms with van der Waals surface area (Å²) >= 11 is 6.12. The molecule has 3 aromatic rings. The maximum absolute atomic E-state index is 12.7. The number of nitrogens with two attached hydrogens (primary N) is 1. The predicted molar refractivity (Wildman–Crippen MR) is 207 cm³/mol. The Morgan fingerprint density at radius 1 is 1.03 bits per heavy atom. The van der Waals surface area contributed by atoms with Crippen molar-refractivity contribution >= 4 is 54.2 Å². The molecule has 23 nitrogen and oxygen atoms in total. The number of hydrogen-bond acceptors (Lipinski definition) is 21. The van der Waals surface area contributed by atoms with E-state index < -0.39 is 37.2 Å². The number of nitrogens with zero attached hydrogens (tertiary/aromatic N) is 6. The number of anilines is 1. The average molecular weight is 878 g/mol. The van der Waals surface area contributed by atoms with Crippen LogP contribution in [0.3, 0.4) is 0 Å². The zero-order chi connectivity index (χ0) is 41.2. The van der Waals surface area contributed by atoms with Crippen molar-refractivity contribution in [1.82, 2.24) is 39.8 Å². The highest BCUT2D eigenvalue weighted by atomic mass is 32.7. The summed E-state index contributed by atoms with van der Waals surface area (Å²) in [6.07, 6.45) is 2.52. The number of terminal acetylenes is 1. The number of imidazole rings is 1. The SMILES string of the molecule is C#CCOCCOCCOCCOCCOCCOCCOCc1cn(CC(=O)NCCSc2nc3c(=O)[nH]c(N)nc3n2[C@@H]2OC3CO[P+](O)([S-])O[C@H]3C2O)nn1. The van der Waals surface area contributed by atoms with Gasteiger partial charge in [0.05, 0.1) is 92.1 Å². The van der Waals surface area contributed by atoms with Gasteiger partial charge >= 0.3 is 0 Å². The Bertz CT molecular complexity index is 1810. The van der Waals surface area contributed by atoms with E-state index >= 15 is 0 Å². The standard InChI is InChI=1S/C32H48N9O14PS2/c1-2-4-46-5-6-47-7-8-48-9-10-49-11-12-50-13-14-51-15-16-52-20-22-18-40(39-38-22)19-24(42)34-3-17-58-32-35-25-28(36-31(33)37-29(25)44)41(32)30-26(43)27-23(54-30)21-53-56(45,57)55-27/h1,18,23,26-27,30,43H,3-17,19-21H2,(H,34,42)(H,45,57)(H3,33,36,37,44)/t23?,26?,27-,30-,56?/m1/s1. The lowest BCUT2D eigenvalue weighted by atomic mass is 10.1. The van der Waals surface area contributed by atoms with E-state index in [9.17, 15) is 19.6 Å². The van der Waals surface area contributed by atoms with Gasteiger partial charge in [0.2, 0.25) is 11.9 Å². The molecule has 5 heterocycles. The van der Waals surface area contributed by atoms with Crippen molar-refractivity contribution in [2.45, 2.75) is 42.8 Å². The highest BCUT2D eigenvalue weighted by Gasteiger charge is 2.55. The van der Waals surface area contributed by atoms with Crippen molar-refractivity contribution in [3.05, 3.63) is 22.2 Å². The molecule has 5 rings (SSSR count). The number of fused-ring (bicyclic) bond motifs is 2. The Kier molecular flexibility index (Phi) is 19.3. The summed E-state index contributed by atoms with van der Waals surface area (Å²) in [6, 6.07) is 0. The van der Waals surface area contributed by atoms with Crippen LogP contribution >= 0.6 is 18.9 Å². The fourth-order valence-electron chi connectivity index (χ4n) is 5.40. The Morgan fingerprint density at radius 2 is 1.66 bits per heavy atom. The number of aliphatic hydroxyl groups is 1. The van der Waals surface area contributed by atoms with Crippen LogP contribution in [0.2, 0.25) is 0 Å². The highest BCUT2D eigenvalue weighted by molar-refractivity contribution is 8.35. The van der Waals surface area contributed by atoms with E-state index in [1.54, 1.807) is 6.20 Å². The summed E-state index contributed by atoms with van der Waals surface area (Å²) < 4.78 is 57.3. The van der Waals surface area contributed by atoms with Gasteiger partial charge in [-0.05, 0) is 0 Å². The second kappa shape index (κ2) is 24.3. The fraction of sp³-hybridized carbons (Fsp3) is 0.688. The summed E-state index contributed by atoms with van der Waals surface area (Å²) in [5, 5.41) is 22.2. The Balaban J connectivity index is 0.902. The number of hydrogen-bond donors (Lipinski definition) is 5. The third-order valence-electron chi connectivity index (χ3n) is 7.97. The highest BCUT2D eigenvalue weighted by Crippen LogP contribution is 2.60. The van der Waals surface area contributed by atoms with Crippen LogP contribution in [0, 0.1) is 12.3 Å². The quantitative estimate of drug-likeness (QED) is 0.0179. The number of nitrogen functional groups attached to an aromatic ring is 1. The predicted octanol–water partition coefficient (Wildman–Crippen LogP) is -1.66. The largest absolute Gasteiger partial charge is 0.459 e. The van der Waals surface area contributed by atoms with Gasteiger partial charge in [0.25, 0.3) is 12.7 Å². The van der Waals surface area contributed by atoms with Gasteiger partial charge in [0, 0.05) is 12.3 Å². The molecule has 322 valence electrons. The van der Waals surface area contributed by atoms with E-state index in [0.717, 1.165) is 0 Å². The smallest absolute Gasteiger partial charge is 0.287 e. The molecule has 3 unspecified atom stereocenters. The van der Waals surface area contributed by atoms with E-state index in [4.69, 9.17) is 71.3 Å². The number of carbonyl (C=O) groups excluding carboxylic acids is 1. The number of rotatable bonds is 28. The maximum atomic E-state index is 12.7. The Hall–Kier alpha value is -3.03. The summed E-state index contributed by atoms with van der Waals surface area (Å²) in [4.78, 5) is 46.4. The molecular formula is C32H48N9O14PS2. The number of aromatic amines is 1. The van der Waals surface area contributed by atoms with E-state index in [2.05, 4.69) is 36.5 Å². The molecule has 1 amide bonds. The Morgan fingerprint density at radius 3 is 2.29 bits per heavy atom. The van der Waals surface area contributed by atoms with Crippen LogP contribution in [0.15, 0.2) is 16.1 Å². The number of aromatic nitrogens is 7. The summed E-state index contributed by atoms with van der Waals surface area (Å²) in [6.45, 7) is 5.73. The number of aliphatic hydroxyl groups excluding tert-OH is 1. The van der Waals surface area contributed by atoms with Crippen LogP contribution in [-0.4, -0.2) is 174 Å². The lowest BCUT2D eigenvalue weighted by Crippen LogP contribution is -2.40. The van der Waals surface area contributed by atoms with Crippen molar-refractivity contribution < 1.29 is 61.7 Å². The molecule has 0 aliphatic carbocycles. The van der Waals surface area contributed by atoms with Gasteiger partial charge in [-0.25, -0.2) is 14.6 Å². The molecule has 0 spiro atoms. The molecular weight excluding hydrogens is 830 g/mol. The summed E-state index contributed by atoms with van der Waals surface area (Å²) in [7, 11) is -3.55. The lowest BCUT2D eigenvalue weighted by molar-refractivity contribution is -0.121. The molecule has 26 heteroatoms. The van der Waals surface area contributed by atoms with Gasteiger partial charge in [-0.1, -0.05) is 22.9 Å². The van der Waals surface area contributed by atoms with Crippen molar-refractivity contribution in [2.24, 2.45) is 0 Å².